The number of hydrogen-bond donors (Lipinski definition) is 1. The van der Waals surface area contributed by atoms with Gasteiger partial charge in [0.15, 0.2) is 0 Å². The highest BCUT2D eigenvalue weighted by Gasteiger charge is 2.22. The minimum Gasteiger partial charge on any atom is -0.478 e. The molecule has 1 aliphatic heterocycles. The van der Waals surface area contributed by atoms with E-state index in [1.54, 1.807) is 12.1 Å². The van der Waals surface area contributed by atoms with E-state index in [2.05, 4.69) is 11.8 Å². The lowest BCUT2D eigenvalue weighted by Gasteiger charge is -2.37. The van der Waals surface area contributed by atoms with Crippen LogP contribution in [0.2, 0.25) is 0 Å². The monoisotopic (exact) mass is 219 g/mol. The fourth-order valence-electron chi connectivity index (χ4n) is 2.24. The van der Waals surface area contributed by atoms with E-state index in [-0.39, 0.29) is 0 Å². The van der Waals surface area contributed by atoms with Crippen LogP contribution in [0.25, 0.3) is 0 Å². The van der Waals surface area contributed by atoms with E-state index >= 15 is 0 Å². The molecule has 16 heavy (non-hydrogen) atoms. The van der Waals surface area contributed by atoms with Crippen LogP contribution in [0.4, 0.5) is 0 Å². The van der Waals surface area contributed by atoms with Crippen molar-refractivity contribution in [1.29, 1.82) is 0 Å². The Kier molecular flexibility index (Phi) is 3.25. The summed E-state index contributed by atoms with van der Waals surface area (Å²) in [5.41, 5.74) is 1.38. The van der Waals surface area contributed by atoms with Gasteiger partial charge in [0.25, 0.3) is 0 Å². The highest BCUT2D eigenvalue weighted by Crippen LogP contribution is 2.16. The molecule has 0 aromatic heterocycles. The third kappa shape index (κ3) is 2.42. The van der Waals surface area contributed by atoms with Gasteiger partial charge in [0, 0.05) is 19.6 Å². The Labute approximate surface area is 95.7 Å². The van der Waals surface area contributed by atoms with Crippen LogP contribution >= 0.6 is 0 Å². The molecule has 3 heteroatoms. The van der Waals surface area contributed by atoms with E-state index in [1.165, 1.54) is 0 Å². The van der Waals surface area contributed by atoms with Gasteiger partial charge in [-0.15, -0.1) is 0 Å². The summed E-state index contributed by atoms with van der Waals surface area (Å²) in [5, 5.41) is 9.03. The molecule has 0 amide bonds. The zero-order chi connectivity index (χ0) is 11.5. The van der Waals surface area contributed by atoms with Crippen LogP contribution in [-0.2, 0) is 6.42 Å². The molecule has 1 N–H and O–H groups in total. The molecule has 3 nitrogen and oxygen atoms in total. The van der Waals surface area contributed by atoms with Gasteiger partial charge < -0.3 is 10.0 Å². The van der Waals surface area contributed by atoms with Crippen LogP contribution in [0.5, 0.6) is 0 Å². The molecule has 1 heterocycles. The van der Waals surface area contributed by atoms with Crippen molar-refractivity contribution in [3.05, 3.63) is 35.4 Å². The summed E-state index contributed by atoms with van der Waals surface area (Å²) in [6.07, 6.45) is 0.829. The average molecular weight is 219 g/mol. The molecule has 0 unspecified atom stereocenters. The number of likely N-dealkylation sites (tertiary alicyclic amines) is 1. The summed E-state index contributed by atoms with van der Waals surface area (Å²) < 4.78 is 0. The maximum atomic E-state index is 11.0. The predicted octanol–water partition coefficient (Wildman–Crippen LogP) is 1.88. The molecule has 1 aliphatic rings. The SMILES string of the molecule is CC1CN(CCc2ccccc2C(=O)O)C1. The predicted molar refractivity (Wildman–Crippen MR) is 62.7 cm³/mol. The van der Waals surface area contributed by atoms with Gasteiger partial charge in [-0.25, -0.2) is 4.79 Å². The Hall–Kier alpha value is -1.35. The second-order valence-electron chi connectivity index (χ2n) is 4.58. The van der Waals surface area contributed by atoms with Crippen LogP contribution in [0, 0.1) is 5.92 Å². The Bertz CT molecular complexity index is 383. The van der Waals surface area contributed by atoms with Gasteiger partial charge in [0.1, 0.15) is 0 Å². The highest BCUT2D eigenvalue weighted by molar-refractivity contribution is 5.89. The van der Waals surface area contributed by atoms with Gasteiger partial charge in [-0.2, -0.15) is 0 Å². The molecular weight excluding hydrogens is 202 g/mol. The summed E-state index contributed by atoms with van der Waals surface area (Å²) >= 11 is 0. The first-order chi connectivity index (χ1) is 7.66. The number of carboxylic acid groups (broad SMARTS) is 1. The van der Waals surface area contributed by atoms with Crippen molar-refractivity contribution in [1.82, 2.24) is 4.90 Å². The van der Waals surface area contributed by atoms with Gasteiger partial charge >= 0.3 is 5.97 Å². The summed E-state index contributed by atoms with van der Waals surface area (Å²) in [6.45, 7) is 5.50. The van der Waals surface area contributed by atoms with Crippen molar-refractivity contribution >= 4 is 5.97 Å². The second kappa shape index (κ2) is 4.66. The van der Waals surface area contributed by atoms with Crippen molar-refractivity contribution in [2.24, 2.45) is 5.92 Å². The first-order valence-electron chi connectivity index (χ1n) is 5.70. The van der Waals surface area contributed by atoms with Gasteiger partial charge in [0.2, 0.25) is 0 Å². The maximum absolute atomic E-state index is 11.0. The van der Waals surface area contributed by atoms with Crippen molar-refractivity contribution < 1.29 is 9.90 Å². The normalized spacial score (nSPS) is 17.1. The minimum absolute atomic E-state index is 0.441. The molecule has 0 bridgehead atoms. The number of nitrogens with zero attached hydrogens (tertiary/aromatic N) is 1. The summed E-state index contributed by atoms with van der Waals surface area (Å²) in [5.74, 6) is -0.0257. The van der Waals surface area contributed by atoms with Crippen molar-refractivity contribution in [3.63, 3.8) is 0 Å². The molecule has 0 radical (unpaired) electrons. The summed E-state index contributed by atoms with van der Waals surface area (Å²) in [4.78, 5) is 13.4. The van der Waals surface area contributed by atoms with Crippen LogP contribution in [-0.4, -0.2) is 35.6 Å². The number of aromatic carboxylic acids is 1. The molecule has 1 aromatic rings. The second-order valence-corrected chi connectivity index (χ2v) is 4.58. The van der Waals surface area contributed by atoms with Crippen LogP contribution in [0.3, 0.4) is 0 Å². The van der Waals surface area contributed by atoms with Gasteiger partial charge in [-0.3, -0.25) is 0 Å². The topological polar surface area (TPSA) is 40.5 Å². The summed E-state index contributed by atoms with van der Waals surface area (Å²) in [6, 6.07) is 7.27. The molecule has 1 aromatic carbocycles. The Morgan fingerprint density at radius 3 is 2.75 bits per heavy atom. The first-order valence-corrected chi connectivity index (χ1v) is 5.70. The van der Waals surface area contributed by atoms with E-state index in [0.29, 0.717) is 5.56 Å². The highest BCUT2D eigenvalue weighted by atomic mass is 16.4. The largest absolute Gasteiger partial charge is 0.478 e. The number of rotatable bonds is 4. The van der Waals surface area contributed by atoms with Crippen molar-refractivity contribution in [2.45, 2.75) is 13.3 Å². The third-order valence-electron chi connectivity index (χ3n) is 3.08. The van der Waals surface area contributed by atoms with Crippen LogP contribution in [0.15, 0.2) is 24.3 Å². The van der Waals surface area contributed by atoms with Crippen molar-refractivity contribution in [3.8, 4) is 0 Å². The minimum atomic E-state index is -0.826. The van der Waals surface area contributed by atoms with Crippen LogP contribution in [0.1, 0.15) is 22.8 Å². The maximum Gasteiger partial charge on any atom is 0.335 e. The molecule has 0 aliphatic carbocycles. The van der Waals surface area contributed by atoms with Gasteiger partial charge in [-0.05, 0) is 24.0 Å². The molecule has 1 saturated heterocycles. The quantitative estimate of drug-likeness (QED) is 0.840. The molecule has 86 valence electrons. The zero-order valence-electron chi connectivity index (χ0n) is 9.52. The van der Waals surface area contributed by atoms with E-state index in [0.717, 1.165) is 37.5 Å². The molecule has 1 fully saturated rings. The number of carbonyl (C=O) groups is 1. The lowest BCUT2D eigenvalue weighted by molar-refractivity contribution is 0.0694. The standard InChI is InChI=1S/C13H17NO2/c1-10-8-14(9-10)7-6-11-4-2-3-5-12(11)13(15)16/h2-5,10H,6-9H2,1H3,(H,15,16). The summed E-state index contributed by atoms with van der Waals surface area (Å²) in [7, 11) is 0. The Balaban J connectivity index is 1.95. The Morgan fingerprint density at radius 1 is 1.44 bits per heavy atom. The number of benzene rings is 1. The average Bonchev–Trinajstić information content (AvgIpc) is 2.23. The molecular formula is C13H17NO2. The van der Waals surface area contributed by atoms with E-state index in [9.17, 15) is 4.79 Å². The third-order valence-corrected chi connectivity index (χ3v) is 3.08. The Morgan fingerprint density at radius 2 is 2.12 bits per heavy atom. The van der Waals surface area contributed by atoms with Crippen LogP contribution < -0.4 is 0 Å². The van der Waals surface area contributed by atoms with E-state index in [4.69, 9.17) is 5.11 Å². The van der Waals surface area contributed by atoms with Crippen molar-refractivity contribution in [2.75, 3.05) is 19.6 Å². The lowest BCUT2D eigenvalue weighted by Crippen LogP contribution is -2.45. The fourth-order valence-corrected chi connectivity index (χ4v) is 2.24. The van der Waals surface area contributed by atoms with Gasteiger partial charge in [0.05, 0.1) is 5.56 Å². The molecule has 2 rings (SSSR count). The molecule has 0 spiro atoms. The zero-order valence-corrected chi connectivity index (χ0v) is 9.52. The number of carboxylic acids is 1. The van der Waals surface area contributed by atoms with Gasteiger partial charge in [-0.1, -0.05) is 25.1 Å². The van der Waals surface area contributed by atoms with E-state index < -0.39 is 5.97 Å². The fraction of sp³-hybridized carbons (Fsp3) is 0.462. The molecule has 0 atom stereocenters. The number of hydrogen-bond acceptors (Lipinski definition) is 2. The van der Waals surface area contributed by atoms with E-state index in [1.807, 2.05) is 12.1 Å². The molecule has 0 saturated carbocycles. The lowest BCUT2D eigenvalue weighted by atomic mass is 10.00. The first kappa shape index (κ1) is 11.1. The smallest absolute Gasteiger partial charge is 0.335 e.